The van der Waals surface area contributed by atoms with Crippen molar-refractivity contribution in [1.82, 2.24) is 20.6 Å². The molecule has 4 rings (SSSR count). The van der Waals surface area contributed by atoms with Gasteiger partial charge < -0.3 is 14.5 Å². The van der Waals surface area contributed by atoms with E-state index in [1.165, 1.54) is 0 Å². The van der Waals surface area contributed by atoms with Crippen molar-refractivity contribution in [2.45, 2.75) is 13.5 Å². The van der Waals surface area contributed by atoms with Crippen LogP contribution in [0.25, 0.3) is 22.7 Å². The molecule has 0 saturated carbocycles. The fraction of sp³-hybridized carbons (Fsp3) is 0.130. The van der Waals surface area contributed by atoms with Crippen molar-refractivity contribution in [3.05, 3.63) is 76.9 Å². The minimum Gasteiger partial charge on any atom is -0.492 e. The number of aromatic nitrogens is 2. The molecule has 2 heterocycles. The monoisotopic (exact) mass is 466 g/mol. The van der Waals surface area contributed by atoms with Gasteiger partial charge in [-0.25, -0.2) is 4.98 Å². The maximum atomic E-state index is 12.4. The lowest BCUT2D eigenvalue weighted by Gasteiger charge is -2.11. The van der Waals surface area contributed by atoms with Crippen LogP contribution in [0.2, 0.25) is 5.02 Å². The number of nitrogens with zero attached hydrogens (tertiary/aromatic N) is 2. The number of hydrogen-bond donors (Lipinski definition) is 2. The number of rotatable bonds is 6. The first-order valence-corrected chi connectivity index (χ1v) is 10.6. The molecule has 1 amide bonds. The highest BCUT2D eigenvalue weighted by Crippen LogP contribution is 2.25. The van der Waals surface area contributed by atoms with E-state index in [4.69, 9.17) is 33.0 Å². The summed E-state index contributed by atoms with van der Waals surface area (Å²) in [5.74, 6) is 0.686. The van der Waals surface area contributed by atoms with E-state index in [2.05, 4.69) is 20.6 Å². The molecule has 0 aliphatic carbocycles. The summed E-state index contributed by atoms with van der Waals surface area (Å²) in [6, 6.07) is 16.1. The molecule has 0 spiro atoms. The van der Waals surface area contributed by atoms with Crippen molar-refractivity contribution < 1.29 is 13.9 Å². The molecule has 32 heavy (non-hydrogen) atoms. The van der Waals surface area contributed by atoms with Crippen molar-refractivity contribution in [3.8, 4) is 17.2 Å². The van der Waals surface area contributed by atoms with Crippen LogP contribution in [-0.2, 0) is 6.54 Å². The molecule has 0 radical (unpaired) electrons. The van der Waals surface area contributed by atoms with Crippen LogP contribution < -0.4 is 15.4 Å². The summed E-state index contributed by atoms with van der Waals surface area (Å²) in [6.07, 6.45) is 1.68. The van der Waals surface area contributed by atoms with E-state index in [9.17, 15) is 4.79 Å². The number of ether oxygens (including phenoxy) is 1. The average Bonchev–Trinajstić information content (AvgIpc) is 3.24. The standard InChI is InChI=1S/C23H19ClN4O3S/c1-2-30-18-10-9-16(12-17(18)24)21(29)28-23(32)26-13-14-5-7-15(8-6-14)22-27-20-19(31-22)4-3-11-25-20/h3-12H,2,13H2,1H3,(H2,26,28,29,32). The molecule has 0 saturated heterocycles. The fourth-order valence-electron chi connectivity index (χ4n) is 2.97. The second-order valence-corrected chi connectivity index (χ2v) is 7.57. The van der Waals surface area contributed by atoms with E-state index in [0.29, 0.717) is 46.6 Å². The SMILES string of the molecule is CCOc1ccc(C(=O)NC(=S)NCc2ccc(-c3nc4ncccc4o3)cc2)cc1Cl. The molecular formula is C23H19ClN4O3S. The number of carbonyl (C=O) groups excluding carboxylic acids is 1. The zero-order valence-electron chi connectivity index (χ0n) is 17.1. The zero-order chi connectivity index (χ0) is 22.5. The lowest BCUT2D eigenvalue weighted by atomic mass is 10.1. The Labute approximate surface area is 194 Å². The molecule has 0 atom stereocenters. The number of oxazole rings is 1. The van der Waals surface area contributed by atoms with E-state index < -0.39 is 0 Å². The Bertz CT molecular complexity index is 1240. The third-order valence-corrected chi connectivity index (χ3v) is 5.08. The van der Waals surface area contributed by atoms with E-state index in [1.807, 2.05) is 37.3 Å². The lowest BCUT2D eigenvalue weighted by Crippen LogP contribution is -2.38. The van der Waals surface area contributed by atoms with Gasteiger partial charge in [-0.15, -0.1) is 0 Å². The topological polar surface area (TPSA) is 89.3 Å². The van der Waals surface area contributed by atoms with Crippen LogP contribution in [0.15, 0.2) is 65.2 Å². The number of carbonyl (C=O) groups is 1. The molecule has 7 nitrogen and oxygen atoms in total. The van der Waals surface area contributed by atoms with Gasteiger partial charge in [0.1, 0.15) is 5.75 Å². The molecule has 9 heteroatoms. The maximum Gasteiger partial charge on any atom is 0.257 e. The summed E-state index contributed by atoms with van der Waals surface area (Å²) in [6.45, 7) is 2.80. The van der Waals surface area contributed by atoms with E-state index in [0.717, 1.165) is 11.1 Å². The quantitative estimate of drug-likeness (QED) is 0.396. The normalized spacial score (nSPS) is 10.7. The Hall–Kier alpha value is -3.49. The van der Waals surface area contributed by atoms with Gasteiger partial charge in [-0.3, -0.25) is 10.1 Å². The number of pyridine rings is 1. The van der Waals surface area contributed by atoms with Gasteiger partial charge in [0.15, 0.2) is 16.3 Å². The third kappa shape index (κ3) is 5.04. The van der Waals surface area contributed by atoms with Crippen molar-refractivity contribution >= 4 is 46.1 Å². The average molecular weight is 467 g/mol. The molecule has 0 fully saturated rings. The molecule has 2 N–H and O–H groups in total. The van der Waals surface area contributed by atoms with E-state index in [1.54, 1.807) is 30.5 Å². The van der Waals surface area contributed by atoms with Crippen LogP contribution in [0.5, 0.6) is 5.75 Å². The number of fused-ring (bicyclic) bond motifs is 1. The van der Waals surface area contributed by atoms with E-state index in [-0.39, 0.29) is 11.0 Å². The number of halogens is 1. The summed E-state index contributed by atoms with van der Waals surface area (Å²) in [5, 5.41) is 6.25. The van der Waals surface area contributed by atoms with Crippen LogP contribution in [0.4, 0.5) is 0 Å². The first-order valence-electron chi connectivity index (χ1n) is 9.86. The number of amides is 1. The number of nitrogens with one attached hydrogen (secondary N) is 2. The Morgan fingerprint density at radius 1 is 1.19 bits per heavy atom. The van der Waals surface area contributed by atoms with Crippen molar-refractivity contribution in [1.29, 1.82) is 0 Å². The van der Waals surface area contributed by atoms with Gasteiger partial charge in [-0.05, 0) is 67.2 Å². The van der Waals surface area contributed by atoms with Crippen LogP contribution in [-0.4, -0.2) is 27.6 Å². The summed E-state index contributed by atoms with van der Waals surface area (Å²) < 4.78 is 11.1. The number of thiocarbonyl (C=S) groups is 1. The lowest BCUT2D eigenvalue weighted by molar-refractivity contribution is 0.0976. The van der Waals surface area contributed by atoms with Gasteiger partial charge in [-0.1, -0.05) is 23.7 Å². The minimum atomic E-state index is -0.354. The van der Waals surface area contributed by atoms with Crippen molar-refractivity contribution in [3.63, 3.8) is 0 Å². The number of hydrogen-bond acceptors (Lipinski definition) is 6. The van der Waals surface area contributed by atoms with Gasteiger partial charge in [0.2, 0.25) is 5.89 Å². The Kier molecular flexibility index (Phi) is 6.63. The fourth-order valence-corrected chi connectivity index (χ4v) is 3.37. The van der Waals surface area contributed by atoms with Crippen molar-refractivity contribution in [2.75, 3.05) is 6.61 Å². The van der Waals surface area contributed by atoms with Gasteiger partial charge in [-0.2, -0.15) is 4.98 Å². The second kappa shape index (κ2) is 9.76. The van der Waals surface area contributed by atoms with Crippen molar-refractivity contribution in [2.24, 2.45) is 0 Å². The molecule has 162 valence electrons. The van der Waals surface area contributed by atoms with Gasteiger partial charge in [0, 0.05) is 23.9 Å². The molecular weight excluding hydrogens is 448 g/mol. The molecule has 4 aromatic rings. The largest absolute Gasteiger partial charge is 0.492 e. The summed E-state index contributed by atoms with van der Waals surface area (Å²) in [4.78, 5) is 21.0. The summed E-state index contributed by atoms with van der Waals surface area (Å²) in [5.41, 5.74) is 3.42. The van der Waals surface area contributed by atoms with E-state index >= 15 is 0 Å². The van der Waals surface area contributed by atoms with Gasteiger partial charge in [0.25, 0.3) is 5.91 Å². The molecule has 0 aliphatic rings. The highest BCUT2D eigenvalue weighted by Gasteiger charge is 2.12. The second-order valence-electron chi connectivity index (χ2n) is 6.76. The van der Waals surface area contributed by atoms with Crippen LogP contribution >= 0.6 is 23.8 Å². The van der Waals surface area contributed by atoms with Gasteiger partial charge >= 0.3 is 0 Å². The summed E-state index contributed by atoms with van der Waals surface area (Å²) >= 11 is 11.4. The van der Waals surface area contributed by atoms with Crippen LogP contribution in [0.1, 0.15) is 22.8 Å². The smallest absolute Gasteiger partial charge is 0.257 e. The van der Waals surface area contributed by atoms with Crippen LogP contribution in [0, 0.1) is 0 Å². The Morgan fingerprint density at radius 2 is 2.00 bits per heavy atom. The molecule has 2 aromatic carbocycles. The highest BCUT2D eigenvalue weighted by molar-refractivity contribution is 7.80. The Balaban J connectivity index is 1.32. The molecule has 0 unspecified atom stereocenters. The van der Waals surface area contributed by atoms with Gasteiger partial charge in [0.05, 0.1) is 11.6 Å². The predicted molar refractivity (Wildman–Crippen MR) is 127 cm³/mol. The number of benzene rings is 2. The maximum absolute atomic E-state index is 12.4. The Morgan fingerprint density at radius 3 is 2.72 bits per heavy atom. The summed E-state index contributed by atoms with van der Waals surface area (Å²) in [7, 11) is 0. The minimum absolute atomic E-state index is 0.217. The third-order valence-electron chi connectivity index (χ3n) is 4.54. The molecule has 0 bridgehead atoms. The molecule has 0 aliphatic heterocycles. The predicted octanol–water partition coefficient (Wildman–Crippen LogP) is 4.75. The molecule has 2 aromatic heterocycles. The zero-order valence-corrected chi connectivity index (χ0v) is 18.7. The first kappa shape index (κ1) is 21.7. The van der Waals surface area contributed by atoms with Crippen LogP contribution in [0.3, 0.4) is 0 Å². The first-order chi connectivity index (χ1) is 15.5. The highest BCUT2D eigenvalue weighted by atomic mass is 35.5.